The number of nitrogens with zero attached hydrogens (tertiary/aromatic N) is 1. The van der Waals surface area contributed by atoms with E-state index in [1.807, 2.05) is 20.8 Å². The molecule has 0 saturated carbocycles. The van der Waals surface area contributed by atoms with Gasteiger partial charge >= 0.3 is 0 Å². The minimum atomic E-state index is -0.564. The quantitative estimate of drug-likeness (QED) is 0.788. The van der Waals surface area contributed by atoms with Crippen LogP contribution < -0.4 is 5.32 Å². The standard InChI is InChI=1S/C18H20ClFN2O/c1-4-15(22-11(2)3)13-7-8-14(19)16(17(13)20)18(23)12-6-5-9-21-10-12/h5-11,15,22H,4H2,1-3H3/t15-/m1/s1. The number of aromatic nitrogens is 1. The second-order valence-corrected chi connectivity index (χ2v) is 6.09. The lowest BCUT2D eigenvalue weighted by Gasteiger charge is -2.22. The summed E-state index contributed by atoms with van der Waals surface area (Å²) in [5.74, 6) is -1.02. The first-order chi connectivity index (χ1) is 11.0. The van der Waals surface area contributed by atoms with E-state index in [-0.39, 0.29) is 22.7 Å². The zero-order valence-corrected chi connectivity index (χ0v) is 14.2. The molecule has 0 aliphatic carbocycles. The van der Waals surface area contributed by atoms with Crippen molar-refractivity contribution < 1.29 is 9.18 Å². The molecular weight excluding hydrogens is 315 g/mol. The molecule has 1 aromatic carbocycles. The second kappa shape index (κ2) is 7.66. The lowest BCUT2D eigenvalue weighted by atomic mass is 9.96. The zero-order valence-electron chi connectivity index (χ0n) is 13.4. The summed E-state index contributed by atoms with van der Waals surface area (Å²) in [6, 6.07) is 6.48. The monoisotopic (exact) mass is 334 g/mol. The van der Waals surface area contributed by atoms with Gasteiger partial charge in [0.15, 0.2) is 5.78 Å². The molecule has 0 saturated heterocycles. The van der Waals surface area contributed by atoms with Gasteiger partial charge in [-0.05, 0) is 24.6 Å². The highest BCUT2D eigenvalue weighted by atomic mass is 35.5. The maximum absolute atomic E-state index is 15.0. The first kappa shape index (κ1) is 17.6. The summed E-state index contributed by atoms with van der Waals surface area (Å²) >= 11 is 6.10. The van der Waals surface area contributed by atoms with Crippen LogP contribution in [0.2, 0.25) is 5.02 Å². The highest BCUT2D eigenvalue weighted by Crippen LogP contribution is 2.29. The third-order valence-electron chi connectivity index (χ3n) is 3.59. The van der Waals surface area contributed by atoms with E-state index in [4.69, 9.17) is 11.6 Å². The van der Waals surface area contributed by atoms with Gasteiger partial charge in [0, 0.05) is 35.6 Å². The second-order valence-electron chi connectivity index (χ2n) is 5.68. The number of halogens is 2. The van der Waals surface area contributed by atoms with Crippen LogP contribution in [-0.2, 0) is 0 Å². The molecule has 0 aliphatic heterocycles. The molecule has 5 heteroatoms. The maximum atomic E-state index is 15.0. The molecule has 1 atom stereocenters. The summed E-state index contributed by atoms with van der Waals surface area (Å²) in [7, 11) is 0. The van der Waals surface area contributed by atoms with Gasteiger partial charge in [-0.25, -0.2) is 4.39 Å². The molecule has 0 fully saturated rings. The average Bonchev–Trinajstić information content (AvgIpc) is 2.53. The molecule has 1 N–H and O–H groups in total. The molecule has 0 spiro atoms. The fourth-order valence-electron chi connectivity index (χ4n) is 2.52. The minimum absolute atomic E-state index is 0.0961. The van der Waals surface area contributed by atoms with Crippen LogP contribution in [0.15, 0.2) is 36.7 Å². The molecule has 0 bridgehead atoms. The van der Waals surface area contributed by atoms with E-state index in [0.29, 0.717) is 17.5 Å². The first-order valence-electron chi connectivity index (χ1n) is 7.64. The normalized spacial score (nSPS) is 12.4. The molecule has 0 amide bonds. The van der Waals surface area contributed by atoms with Gasteiger partial charge in [0.05, 0.1) is 10.6 Å². The van der Waals surface area contributed by atoms with E-state index >= 15 is 0 Å². The van der Waals surface area contributed by atoms with Crippen molar-refractivity contribution in [3.05, 3.63) is 64.2 Å². The Morgan fingerprint density at radius 2 is 2.09 bits per heavy atom. The number of hydrogen-bond donors (Lipinski definition) is 1. The molecule has 2 rings (SSSR count). The van der Waals surface area contributed by atoms with Gasteiger partial charge in [-0.3, -0.25) is 9.78 Å². The molecule has 23 heavy (non-hydrogen) atoms. The number of benzene rings is 1. The van der Waals surface area contributed by atoms with Crippen LogP contribution in [-0.4, -0.2) is 16.8 Å². The summed E-state index contributed by atoms with van der Waals surface area (Å²) in [5, 5.41) is 3.42. The number of pyridine rings is 1. The van der Waals surface area contributed by atoms with Gasteiger partial charge < -0.3 is 5.32 Å². The Morgan fingerprint density at radius 3 is 2.65 bits per heavy atom. The lowest BCUT2D eigenvalue weighted by molar-refractivity contribution is 0.103. The number of rotatable bonds is 6. The van der Waals surface area contributed by atoms with Crippen molar-refractivity contribution in [1.82, 2.24) is 10.3 Å². The van der Waals surface area contributed by atoms with Gasteiger partial charge in [0.2, 0.25) is 0 Å². The van der Waals surface area contributed by atoms with Crippen molar-refractivity contribution in [3.63, 3.8) is 0 Å². The first-order valence-corrected chi connectivity index (χ1v) is 8.02. The van der Waals surface area contributed by atoms with E-state index in [2.05, 4.69) is 10.3 Å². The maximum Gasteiger partial charge on any atom is 0.199 e. The van der Waals surface area contributed by atoms with E-state index in [9.17, 15) is 9.18 Å². The summed E-state index contributed by atoms with van der Waals surface area (Å²) in [5.41, 5.74) is 0.675. The van der Waals surface area contributed by atoms with E-state index in [1.54, 1.807) is 30.5 Å². The molecule has 1 heterocycles. The molecule has 2 aromatic rings. The van der Waals surface area contributed by atoms with Crippen molar-refractivity contribution >= 4 is 17.4 Å². The molecule has 0 aliphatic rings. The Hall–Kier alpha value is -1.78. The largest absolute Gasteiger partial charge is 0.308 e. The molecule has 3 nitrogen and oxygen atoms in total. The fourth-order valence-corrected chi connectivity index (χ4v) is 2.75. The summed E-state index contributed by atoms with van der Waals surface area (Å²) < 4.78 is 15.0. The van der Waals surface area contributed by atoms with Crippen LogP contribution >= 0.6 is 11.6 Å². The average molecular weight is 335 g/mol. The van der Waals surface area contributed by atoms with Crippen molar-refractivity contribution in [2.75, 3.05) is 0 Å². The third kappa shape index (κ3) is 3.95. The Kier molecular flexibility index (Phi) is 5.85. The number of nitrogens with one attached hydrogen (secondary N) is 1. The van der Waals surface area contributed by atoms with Crippen LogP contribution in [0.5, 0.6) is 0 Å². The Balaban J connectivity index is 2.49. The van der Waals surface area contributed by atoms with Gasteiger partial charge in [-0.15, -0.1) is 0 Å². The van der Waals surface area contributed by atoms with Gasteiger partial charge in [0.1, 0.15) is 5.82 Å². The van der Waals surface area contributed by atoms with Crippen LogP contribution in [0.3, 0.4) is 0 Å². The molecular formula is C18H20ClFN2O. The summed E-state index contributed by atoms with van der Waals surface area (Å²) in [6.07, 6.45) is 3.68. The third-order valence-corrected chi connectivity index (χ3v) is 3.90. The van der Waals surface area contributed by atoms with Crippen LogP contribution in [0, 0.1) is 5.82 Å². The van der Waals surface area contributed by atoms with Gasteiger partial charge in [-0.1, -0.05) is 38.4 Å². The molecule has 0 unspecified atom stereocenters. The van der Waals surface area contributed by atoms with Crippen molar-refractivity contribution in [3.8, 4) is 0 Å². The SMILES string of the molecule is CC[C@@H](NC(C)C)c1ccc(Cl)c(C(=O)c2cccnc2)c1F. The molecule has 122 valence electrons. The van der Waals surface area contributed by atoms with Gasteiger partial charge in [0.25, 0.3) is 0 Å². The lowest BCUT2D eigenvalue weighted by Crippen LogP contribution is -2.28. The van der Waals surface area contributed by atoms with Crippen LogP contribution in [0.4, 0.5) is 4.39 Å². The van der Waals surface area contributed by atoms with E-state index < -0.39 is 11.6 Å². The van der Waals surface area contributed by atoms with Crippen molar-refractivity contribution in [2.24, 2.45) is 0 Å². The van der Waals surface area contributed by atoms with E-state index in [0.717, 1.165) is 0 Å². The van der Waals surface area contributed by atoms with Gasteiger partial charge in [-0.2, -0.15) is 0 Å². The number of ketones is 1. The van der Waals surface area contributed by atoms with Crippen molar-refractivity contribution in [1.29, 1.82) is 0 Å². The van der Waals surface area contributed by atoms with Crippen LogP contribution in [0.1, 0.15) is 54.7 Å². The highest BCUT2D eigenvalue weighted by molar-refractivity contribution is 6.35. The minimum Gasteiger partial charge on any atom is -0.308 e. The molecule has 0 radical (unpaired) electrons. The van der Waals surface area contributed by atoms with Crippen molar-refractivity contribution in [2.45, 2.75) is 39.3 Å². The highest BCUT2D eigenvalue weighted by Gasteiger charge is 2.24. The topological polar surface area (TPSA) is 42.0 Å². The van der Waals surface area contributed by atoms with E-state index in [1.165, 1.54) is 6.20 Å². The Labute approximate surface area is 140 Å². The van der Waals surface area contributed by atoms with Crippen LogP contribution in [0.25, 0.3) is 0 Å². The smallest absolute Gasteiger partial charge is 0.199 e. The predicted molar refractivity (Wildman–Crippen MR) is 90.4 cm³/mol. The zero-order chi connectivity index (χ0) is 17.0. The fraction of sp³-hybridized carbons (Fsp3) is 0.333. The molecule has 1 aromatic heterocycles. The summed E-state index contributed by atoms with van der Waals surface area (Å²) in [6.45, 7) is 5.97. The number of carbonyl (C=O) groups excluding carboxylic acids is 1. The Bertz CT molecular complexity index is 689. The number of hydrogen-bond acceptors (Lipinski definition) is 3. The summed E-state index contributed by atoms with van der Waals surface area (Å²) in [4.78, 5) is 16.5. The number of carbonyl (C=O) groups is 1. The Morgan fingerprint density at radius 1 is 1.35 bits per heavy atom. The predicted octanol–water partition coefficient (Wildman–Crippen LogP) is 4.55.